The second-order valence-electron chi connectivity index (χ2n) is 11.0. The molecule has 3 aromatic carbocycles. The van der Waals surface area contributed by atoms with Gasteiger partial charge in [-0.15, -0.1) is 0 Å². The predicted octanol–water partition coefficient (Wildman–Crippen LogP) is 5.53. The number of carbonyl (C=O) groups excluding carboxylic acids is 1. The highest BCUT2D eigenvalue weighted by atomic mass is 16.7. The van der Waals surface area contributed by atoms with Crippen LogP contribution in [-0.4, -0.2) is 67.2 Å². The summed E-state index contributed by atoms with van der Waals surface area (Å²) in [5.74, 6) is 1.56. The van der Waals surface area contributed by atoms with E-state index < -0.39 is 0 Å². The smallest absolute Gasteiger partial charge is 0.247 e. The van der Waals surface area contributed by atoms with Crippen molar-refractivity contribution >= 4 is 45.4 Å². The molecule has 0 bridgehead atoms. The summed E-state index contributed by atoms with van der Waals surface area (Å²) in [5.41, 5.74) is 3.39. The molecule has 2 atom stereocenters. The third-order valence-corrected chi connectivity index (χ3v) is 8.27. The maximum Gasteiger partial charge on any atom is 0.247 e. The SMILES string of the molecule is C=CC(=O)Nc1cc(Nc2cc(N3OCCC3c3ccc4ccccc4c3)ncn2)c(OC)cc1N1CCN(C)C(C)C1. The highest BCUT2D eigenvalue weighted by molar-refractivity contribution is 6.02. The molecule has 2 N–H and O–H groups in total. The highest BCUT2D eigenvalue weighted by Crippen LogP contribution is 2.40. The number of nitrogens with one attached hydrogen (secondary N) is 2. The van der Waals surface area contributed by atoms with E-state index in [1.807, 2.05) is 29.3 Å². The van der Waals surface area contributed by atoms with Crippen molar-refractivity contribution in [3.63, 3.8) is 0 Å². The van der Waals surface area contributed by atoms with E-state index in [0.29, 0.717) is 41.4 Å². The molecule has 2 aliphatic rings. The van der Waals surface area contributed by atoms with Crippen LogP contribution in [0.5, 0.6) is 5.75 Å². The maximum absolute atomic E-state index is 12.4. The summed E-state index contributed by atoms with van der Waals surface area (Å²) in [6.45, 7) is 8.99. The average molecular weight is 580 g/mol. The van der Waals surface area contributed by atoms with Crippen molar-refractivity contribution in [2.75, 3.05) is 61.0 Å². The number of carbonyl (C=O) groups is 1. The first-order valence-corrected chi connectivity index (χ1v) is 14.5. The quantitative estimate of drug-likeness (QED) is 0.261. The number of amides is 1. The summed E-state index contributed by atoms with van der Waals surface area (Å²) in [5, 5.41) is 10.6. The van der Waals surface area contributed by atoms with Crippen molar-refractivity contribution in [1.29, 1.82) is 0 Å². The molecule has 4 aromatic rings. The van der Waals surface area contributed by atoms with Crippen LogP contribution in [0.15, 0.2) is 79.6 Å². The van der Waals surface area contributed by atoms with Gasteiger partial charge in [-0.25, -0.2) is 15.0 Å². The van der Waals surface area contributed by atoms with Crippen molar-refractivity contribution in [3.05, 3.63) is 85.2 Å². The van der Waals surface area contributed by atoms with Gasteiger partial charge in [0.15, 0.2) is 5.82 Å². The number of fused-ring (bicyclic) bond motifs is 1. The lowest BCUT2D eigenvalue weighted by Gasteiger charge is -2.39. The van der Waals surface area contributed by atoms with Crippen LogP contribution in [-0.2, 0) is 9.63 Å². The Hall–Kier alpha value is -4.67. The summed E-state index contributed by atoms with van der Waals surface area (Å²) in [4.78, 5) is 32.1. The standard InChI is InChI=1S/C33H37N7O3/c1-5-33(41)37-26-17-27(30(42-4)18-29(26)39-14-13-38(3)22(2)20-39)36-31-19-32(35-21-34-31)40-28(12-15-43-40)25-11-10-23-8-6-7-9-24(23)16-25/h5-11,16-19,21-22,28H,1,12-15,20H2,2-4H3,(H,37,41)(H,34,35,36). The Bertz CT molecular complexity index is 1640. The van der Waals surface area contributed by atoms with E-state index in [1.54, 1.807) is 7.11 Å². The lowest BCUT2D eigenvalue weighted by molar-refractivity contribution is -0.111. The van der Waals surface area contributed by atoms with Crippen LogP contribution in [0.1, 0.15) is 24.9 Å². The number of anilines is 5. The Morgan fingerprint density at radius 2 is 1.91 bits per heavy atom. The number of piperazine rings is 1. The van der Waals surface area contributed by atoms with E-state index in [9.17, 15) is 4.79 Å². The van der Waals surface area contributed by atoms with E-state index in [-0.39, 0.29) is 11.9 Å². The second kappa shape index (κ2) is 12.3. The molecule has 222 valence electrons. The Labute approximate surface area is 251 Å². The molecular formula is C33H37N7O3. The molecule has 0 spiro atoms. The van der Waals surface area contributed by atoms with E-state index in [0.717, 1.165) is 31.7 Å². The number of aromatic nitrogens is 2. The second-order valence-corrected chi connectivity index (χ2v) is 11.0. The van der Waals surface area contributed by atoms with Gasteiger partial charge < -0.3 is 25.2 Å². The Morgan fingerprint density at radius 1 is 1.07 bits per heavy atom. The van der Waals surface area contributed by atoms with Crippen molar-refractivity contribution in [1.82, 2.24) is 14.9 Å². The molecule has 6 rings (SSSR count). The average Bonchev–Trinajstić information content (AvgIpc) is 3.53. The molecule has 0 aliphatic carbocycles. The molecule has 0 saturated carbocycles. The molecule has 2 aliphatic heterocycles. The van der Waals surface area contributed by atoms with Crippen LogP contribution in [0.2, 0.25) is 0 Å². The van der Waals surface area contributed by atoms with E-state index in [4.69, 9.17) is 9.57 Å². The summed E-state index contributed by atoms with van der Waals surface area (Å²) in [6.07, 6.45) is 3.63. The van der Waals surface area contributed by atoms with Crippen molar-refractivity contribution in [2.45, 2.75) is 25.4 Å². The van der Waals surface area contributed by atoms with Gasteiger partial charge in [0.2, 0.25) is 5.91 Å². The first-order valence-electron chi connectivity index (χ1n) is 14.5. The largest absolute Gasteiger partial charge is 0.494 e. The summed E-state index contributed by atoms with van der Waals surface area (Å²) < 4.78 is 5.81. The number of methoxy groups -OCH3 is 1. The fraction of sp³-hybridized carbons (Fsp3) is 0.303. The van der Waals surface area contributed by atoms with Gasteiger partial charge >= 0.3 is 0 Å². The Kier molecular flexibility index (Phi) is 8.13. The van der Waals surface area contributed by atoms with E-state index in [2.05, 4.69) is 87.3 Å². The first kappa shape index (κ1) is 28.4. The van der Waals surface area contributed by atoms with Gasteiger partial charge in [-0.1, -0.05) is 43.0 Å². The van der Waals surface area contributed by atoms with Crippen LogP contribution in [0.4, 0.5) is 28.7 Å². The van der Waals surface area contributed by atoms with Crippen LogP contribution in [0.25, 0.3) is 10.8 Å². The molecule has 2 unspecified atom stereocenters. The number of benzene rings is 3. The Balaban J connectivity index is 1.29. The molecule has 1 aromatic heterocycles. The van der Waals surface area contributed by atoms with Crippen LogP contribution < -0.4 is 25.3 Å². The molecule has 1 amide bonds. The van der Waals surface area contributed by atoms with Crippen LogP contribution in [0, 0.1) is 0 Å². The zero-order valence-electron chi connectivity index (χ0n) is 24.8. The van der Waals surface area contributed by atoms with E-state index >= 15 is 0 Å². The summed E-state index contributed by atoms with van der Waals surface area (Å²) >= 11 is 0. The molecule has 0 radical (unpaired) electrons. The molecule has 2 fully saturated rings. The number of ether oxygens (including phenoxy) is 1. The molecule has 10 nitrogen and oxygen atoms in total. The number of nitrogens with zero attached hydrogens (tertiary/aromatic N) is 5. The maximum atomic E-state index is 12.4. The number of likely N-dealkylation sites (N-methyl/N-ethyl adjacent to an activating group) is 1. The predicted molar refractivity (Wildman–Crippen MR) is 171 cm³/mol. The van der Waals surface area contributed by atoms with Crippen LogP contribution in [0.3, 0.4) is 0 Å². The minimum Gasteiger partial charge on any atom is -0.494 e. The molecule has 3 heterocycles. The van der Waals surface area contributed by atoms with Gasteiger partial charge in [-0.3, -0.25) is 9.63 Å². The monoisotopic (exact) mass is 579 g/mol. The summed E-state index contributed by atoms with van der Waals surface area (Å²) in [6, 6.07) is 20.9. The minimum atomic E-state index is -0.283. The van der Waals surface area contributed by atoms with Gasteiger partial charge in [0, 0.05) is 44.2 Å². The lowest BCUT2D eigenvalue weighted by atomic mass is 10.0. The summed E-state index contributed by atoms with van der Waals surface area (Å²) in [7, 11) is 3.76. The third kappa shape index (κ3) is 5.97. The van der Waals surface area contributed by atoms with Gasteiger partial charge in [-0.2, -0.15) is 0 Å². The normalized spacial score (nSPS) is 19.0. The number of hydrogen-bond donors (Lipinski definition) is 2. The molecule has 2 saturated heterocycles. The number of hydrogen-bond acceptors (Lipinski definition) is 9. The lowest BCUT2D eigenvalue weighted by Crippen LogP contribution is -2.50. The molecular weight excluding hydrogens is 542 g/mol. The van der Waals surface area contributed by atoms with Crippen molar-refractivity contribution < 1.29 is 14.4 Å². The highest BCUT2D eigenvalue weighted by Gasteiger charge is 2.30. The Morgan fingerprint density at radius 3 is 2.70 bits per heavy atom. The van der Waals surface area contributed by atoms with Gasteiger partial charge in [-0.05, 0) is 48.5 Å². The van der Waals surface area contributed by atoms with Gasteiger partial charge in [0.05, 0.1) is 36.8 Å². The van der Waals surface area contributed by atoms with Crippen molar-refractivity contribution in [2.24, 2.45) is 0 Å². The number of hydroxylamine groups is 1. The zero-order chi connectivity index (χ0) is 29.9. The topological polar surface area (TPSA) is 95.1 Å². The number of rotatable bonds is 8. The fourth-order valence-corrected chi connectivity index (χ4v) is 5.74. The van der Waals surface area contributed by atoms with E-state index in [1.165, 1.54) is 28.7 Å². The molecule has 43 heavy (non-hydrogen) atoms. The first-order chi connectivity index (χ1) is 20.9. The van der Waals surface area contributed by atoms with Crippen LogP contribution >= 0.6 is 0 Å². The molecule has 10 heteroatoms. The minimum absolute atomic E-state index is 0.0212. The van der Waals surface area contributed by atoms with Gasteiger partial charge in [0.1, 0.15) is 17.9 Å². The third-order valence-electron chi connectivity index (χ3n) is 8.27. The van der Waals surface area contributed by atoms with Gasteiger partial charge in [0.25, 0.3) is 0 Å². The van der Waals surface area contributed by atoms with Crippen molar-refractivity contribution in [3.8, 4) is 5.75 Å². The fourth-order valence-electron chi connectivity index (χ4n) is 5.74. The zero-order valence-corrected chi connectivity index (χ0v) is 24.8.